The summed E-state index contributed by atoms with van der Waals surface area (Å²) < 4.78 is 0.980. The number of phenols is 1. The molecular formula is C18H24N4O3. The van der Waals surface area contributed by atoms with Gasteiger partial charge in [0.15, 0.2) is 0 Å². The average molecular weight is 344 g/mol. The van der Waals surface area contributed by atoms with Gasteiger partial charge in [-0.15, -0.1) is 0 Å². The van der Waals surface area contributed by atoms with Crippen LogP contribution in [0.4, 0.5) is 5.82 Å². The Bertz CT molecular complexity index is 756. The minimum atomic E-state index is -0.684. The monoisotopic (exact) mass is 344 g/mol. The number of nitrogen functional groups attached to an aromatic ring is 1. The number of aromatic hydroxyl groups is 1. The van der Waals surface area contributed by atoms with Crippen LogP contribution in [-0.4, -0.2) is 33.2 Å². The maximum atomic E-state index is 12.8. The molecule has 0 radical (unpaired) electrons. The van der Waals surface area contributed by atoms with Crippen LogP contribution in [0.2, 0.25) is 0 Å². The first kappa shape index (κ1) is 18.7. The number of nitrogens with one attached hydrogen (secondary N) is 1. The molecule has 0 fully saturated rings. The summed E-state index contributed by atoms with van der Waals surface area (Å²) in [6.45, 7) is 2.79. The molecule has 7 heteroatoms. The molecule has 0 aliphatic carbocycles. The Morgan fingerprint density at radius 1 is 1.28 bits per heavy atom. The van der Waals surface area contributed by atoms with Crippen LogP contribution in [0.25, 0.3) is 0 Å². The first-order valence-corrected chi connectivity index (χ1v) is 8.42. The fraction of sp³-hybridized carbons (Fsp3) is 0.389. The van der Waals surface area contributed by atoms with Gasteiger partial charge in [0.1, 0.15) is 11.6 Å². The molecule has 0 saturated carbocycles. The smallest absolute Gasteiger partial charge is 0.356 e. The Morgan fingerprint density at radius 3 is 2.64 bits per heavy atom. The summed E-state index contributed by atoms with van der Waals surface area (Å²) in [6.07, 6.45) is 4.85. The number of nitrogens with zero attached hydrogens (tertiary/aromatic N) is 2. The lowest BCUT2D eigenvalue weighted by Crippen LogP contribution is -2.45. The van der Waals surface area contributed by atoms with Gasteiger partial charge < -0.3 is 16.2 Å². The number of nitrogens with two attached hydrogens (primary N) is 1. The van der Waals surface area contributed by atoms with Crippen molar-refractivity contribution in [1.82, 2.24) is 14.9 Å². The summed E-state index contributed by atoms with van der Waals surface area (Å²) >= 11 is 0. The van der Waals surface area contributed by atoms with Crippen molar-refractivity contribution in [2.75, 3.05) is 12.3 Å². The van der Waals surface area contributed by atoms with Crippen LogP contribution in [0.3, 0.4) is 0 Å². The molecule has 1 unspecified atom stereocenters. The normalized spacial score (nSPS) is 12.0. The molecule has 1 heterocycles. The van der Waals surface area contributed by atoms with Gasteiger partial charge in [0.05, 0.1) is 6.04 Å². The van der Waals surface area contributed by atoms with Crippen LogP contribution in [-0.2, 0) is 6.42 Å². The van der Waals surface area contributed by atoms with E-state index in [1.807, 2.05) is 0 Å². The lowest BCUT2D eigenvalue weighted by molar-refractivity contribution is 0.0852. The van der Waals surface area contributed by atoms with Crippen molar-refractivity contribution < 1.29 is 9.90 Å². The third-order valence-corrected chi connectivity index (χ3v) is 3.91. The number of anilines is 1. The SMILES string of the molecule is CCCCCNC(Cc1ccc(O)cc1)C(=O)n1ccc(N)nc1=O. The molecule has 134 valence electrons. The summed E-state index contributed by atoms with van der Waals surface area (Å²) in [5, 5.41) is 12.6. The van der Waals surface area contributed by atoms with E-state index in [1.54, 1.807) is 24.3 Å². The molecule has 0 spiro atoms. The fourth-order valence-electron chi connectivity index (χ4n) is 2.52. The molecule has 1 atom stereocenters. The highest BCUT2D eigenvalue weighted by molar-refractivity contribution is 5.84. The van der Waals surface area contributed by atoms with Crippen LogP contribution >= 0.6 is 0 Å². The summed E-state index contributed by atoms with van der Waals surface area (Å²) in [7, 11) is 0. The van der Waals surface area contributed by atoms with E-state index in [0.29, 0.717) is 13.0 Å². The van der Waals surface area contributed by atoms with E-state index in [1.165, 1.54) is 12.3 Å². The zero-order valence-corrected chi connectivity index (χ0v) is 14.3. The van der Waals surface area contributed by atoms with Gasteiger partial charge in [-0.1, -0.05) is 31.9 Å². The first-order valence-electron chi connectivity index (χ1n) is 8.42. The highest BCUT2D eigenvalue weighted by atomic mass is 16.3. The van der Waals surface area contributed by atoms with Gasteiger partial charge in [0.2, 0.25) is 0 Å². The van der Waals surface area contributed by atoms with Crippen molar-refractivity contribution in [2.45, 2.75) is 38.6 Å². The molecule has 0 aliphatic heterocycles. The van der Waals surface area contributed by atoms with E-state index >= 15 is 0 Å². The number of hydrogen-bond donors (Lipinski definition) is 3. The molecule has 2 rings (SSSR count). The Hall–Kier alpha value is -2.67. The third kappa shape index (κ3) is 5.42. The summed E-state index contributed by atoms with van der Waals surface area (Å²) in [5.41, 5.74) is 5.68. The van der Waals surface area contributed by atoms with E-state index in [4.69, 9.17) is 5.73 Å². The third-order valence-electron chi connectivity index (χ3n) is 3.91. The molecule has 2 aromatic rings. The zero-order valence-electron chi connectivity index (χ0n) is 14.3. The molecule has 0 saturated heterocycles. The highest BCUT2D eigenvalue weighted by Gasteiger charge is 2.21. The minimum absolute atomic E-state index is 0.0834. The zero-order chi connectivity index (χ0) is 18.2. The van der Waals surface area contributed by atoms with Gasteiger partial charge in [-0.05, 0) is 43.1 Å². The number of carbonyl (C=O) groups is 1. The Morgan fingerprint density at radius 2 is 2.00 bits per heavy atom. The highest BCUT2D eigenvalue weighted by Crippen LogP contribution is 2.12. The molecule has 7 nitrogen and oxygen atoms in total. The molecule has 4 N–H and O–H groups in total. The second-order valence-corrected chi connectivity index (χ2v) is 5.93. The van der Waals surface area contributed by atoms with E-state index in [0.717, 1.165) is 29.4 Å². The molecule has 0 amide bonds. The largest absolute Gasteiger partial charge is 0.508 e. The van der Waals surface area contributed by atoms with Crippen LogP contribution in [0.15, 0.2) is 41.3 Å². The van der Waals surface area contributed by atoms with E-state index in [9.17, 15) is 14.7 Å². The molecule has 0 aliphatic rings. The number of rotatable bonds is 8. The minimum Gasteiger partial charge on any atom is -0.508 e. The van der Waals surface area contributed by atoms with Crippen molar-refractivity contribution in [1.29, 1.82) is 0 Å². The summed E-state index contributed by atoms with van der Waals surface area (Å²) in [5.74, 6) is -0.122. The molecule has 25 heavy (non-hydrogen) atoms. The number of unbranched alkanes of at least 4 members (excludes halogenated alkanes) is 2. The van der Waals surface area contributed by atoms with Crippen LogP contribution < -0.4 is 16.7 Å². The van der Waals surface area contributed by atoms with Crippen LogP contribution in [0.5, 0.6) is 5.75 Å². The quantitative estimate of drug-likeness (QED) is 0.627. The van der Waals surface area contributed by atoms with Crippen molar-refractivity contribution in [3.63, 3.8) is 0 Å². The Balaban J connectivity index is 2.18. The van der Waals surface area contributed by atoms with Gasteiger partial charge in [0.25, 0.3) is 5.91 Å². The molecule has 1 aromatic heterocycles. The van der Waals surface area contributed by atoms with E-state index < -0.39 is 11.7 Å². The van der Waals surface area contributed by atoms with Crippen molar-refractivity contribution in [2.24, 2.45) is 0 Å². The van der Waals surface area contributed by atoms with Gasteiger partial charge in [-0.2, -0.15) is 4.98 Å². The standard InChI is InChI=1S/C18H24N4O3/c1-2-3-4-10-20-15(12-13-5-7-14(23)8-6-13)17(24)22-11-9-16(19)21-18(22)25/h5-9,11,15,20,23H,2-4,10,12H2,1H3,(H2,19,21,25). The number of benzene rings is 1. The maximum absolute atomic E-state index is 12.8. The fourth-order valence-corrected chi connectivity index (χ4v) is 2.52. The summed E-state index contributed by atoms with van der Waals surface area (Å²) in [6, 6.07) is 7.52. The van der Waals surface area contributed by atoms with Crippen LogP contribution in [0, 0.1) is 0 Å². The molecule has 1 aromatic carbocycles. The predicted molar refractivity (Wildman–Crippen MR) is 96.7 cm³/mol. The van der Waals surface area contributed by atoms with E-state index in [2.05, 4.69) is 17.2 Å². The van der Waals surface area contributed by atoms with Gasteiger partial charge >= 0.3 is 5.69 Å². The number of carbonyl (C=O) groups excluding carboxylic acids is 1. The first-order chi connectivity index (χ1) is 12.0. The van der Waals surface area contributed by atoms with Crippen molar-refractivity contribution >= 4 is 11.7 Å². The van der Waals surface area contributed by atoms with Gasteiger partial charge in [-0.3, -0.25) is 4.79 Å². The Labute approximate surface area is 146 Å². The maximum Gasteiger partial charge on any atom is 0.356 e. The number of hydrogen-bond acceptors (Lipinski definition) is 6. The predicted octanol–water partition coefficient (Wildman–Crippen LogP) is 1.56. The topological polar surface area (TPSA) is 110 Å². The number of aromatic nitrogens is 2. The Kier molecular flexibility index (Phi) is 6.71. The van der Waals surface area contributed by atoms with Crippen molar-refractivity contribution in [3.8, 4) is 5.75 Å². The van der Waals surface area contributed by atoms with Crippen molar-refractivity contribution in [3.05, 3.63) is 52.6 Å². The lowest BCUT2D eigenvalue weighted by Gasteiger charge is -2.18. The lowest BCUT2D eigenvalue weighted by atomic mass is 10.0. The number of phenolic OH excluding ortho intramolecular Hbond substituents is 1. The average Bonchev–Trinajstić information content (AvgIpc) is 2.59. The van der Waals surface area contributed by atoms with E-state index in [-0.39, 0.29) is 17.5 Å². The summed E-state index contributed by atoms with van der Waals surface area (Å²) in [4.78, 5) is 28.3. The second-order valence-electron chi connectivity index (χ2n) is 5.93. The molecule has 0 bridgehead atoms. The second kappa shape index (κ2) is 8.98. The molecular weight excluding hydrogens is 320 g/mol. The van der Waals surface area contributed by atoms with Gasteiger partial charge in [0, 0.05) is 6.20 Å². The van der Waals surface area contributed by atoms with Gasteiger partial charge in [-0.25, -0.2) is 9.36 Å². The van der Waals surface area contributed by atoms with Crippen LogP contribution in [0.1, 0.15) is 36.5 Å².